The van der Waals surface area contributed by atoms with Gasteiger partial charge in [0.1, 0.15) is 5.82 Å². The second-order valence-electron chi connectivity index (χ2n) is 6.22. The Bertz CT molecular complexity index is 419. The summed E-state index contributed by atoms with van der Waals surface area (Å²) in [6.07, 6.45) is 3.70. The number of aromatic nitrogens is 3. The average molecular weight is 295 g/mol. The van der Waals surface area contributed by atoms with Crippen LogP contribution in [-0.2, 0) is 6.42 Å². The van der Waals surface area contributed by atoms with Gasteiger partial charge in [-0.2, -0.15) is 16.7 Å². The van der Waals surface area contributed by atoms with Gasteiger partial charge in [-0.3, -0.25) is 5.10 Å². The van der Waals surface area contributed by atoms with Gasteiger partial charge in [0.15, 0.2) is 0 Å². The van der Waals surface area contributed by atoms with Crippen LogP contribution in [0.15, 0.2) is 0 Å². The molecule has 0 amide bonds. The average Bonchev–Trinajstić information content (AvgIpc) is 2.87. The standard InChI is InChI=1S/C14H25N5S/c1-10-8-19(9-11(2)15-10)14-16-13(17-18-14)7-12-3-5-20-6-4-12/h10-12,15H,3-9H2,1-2H3,(H,16,17,18). The zero-order valence-corrected chi connectivity index (χ0v) is 13.2. The van der Waals surface area contributed by atoms with E-state index in [1.807, 2.05) is 0 Å². The molecule has 2 fully saturated rings. The number of hydrogen-bond acceptors (Lipinski definition) is 5. The molecule has 0 aromatic carbocycles. The molecule has 0 aliphatic carbocycles. The predicted molar refractivity (Wildman–Crippen MR) is 84.4 cm³/mol. The number of nitrogens with zero attached hydrogens (tertiary/aromatic N) is 3. The van der Waals surface area contributed by atoms with E-state index in [-0.39, 0.29) is 0 Å². The third-order valence-electron chi connectivity index (χ3n) is 4.18. The van der Waals surface area contributed by atoms with Gasteiger partial charge >= 0.3 is 0 Å². The molecule has 2 unspecified atom stereocenters. The first-order chi connectivity index (χ1) is 9.70. The van der Waals surface area contributed by atoms with Crippen molar-refractivity contribution < 1.29 is 0 Å². The highest BCUT2D eigenvalue weighted by Crippen LogP contribution is 2.25. The minimum Gasteiger partial charge on any atom is -0.336 e. The van der Waals surface area contributed by atoms with Crippen LogP contribution in [0.5, 0.6) is 0 Å². The molecule has 112 valence electrons. The third-order valence-corrected chi connectivity index (χ3v) is 5.23. The lowest BCUT2D eigenvalue weighted by Gasteiger charge is -2.35. The van der Waals surface area contributed by atoms with E-state index in [4.69, 9.17) is 4.98 Å². The highest BCUT2D eigenvalue weighted by Gasteiger charge is 2.24. The summed E-state index contributed by atoms with van der Waals surface area (Å²) in [6.45, 7) is 6.41. The van der Waals surface area contributed by atoms with E-state index >= 15 is 0 Å². The van der Waals surface area contributed by atoms with Gasteiger partial charge in [-0.25, -0.2) is 0 Å². The van der Waals surface area contributed by atoms with Crippen LogP contribution in [0.3, 0.4) is 0 Å². The van der Waals surface area contributed by atoms with Crippen molar-refractivity contribution in [1.29, 1.82) is 0 Å². The molecule has 1 aromatic heterocycles. The Morgan fingerprint density at radius 3 is 2.60 bits per heavy atom. The zero-order chi connectivity index (χ0) is 13.9. The highest BCUT2D eigenvalue weighted by molar-refractivity contribution is 7.99. The van der Waals surface area contributed by atoms with Crippen LogP contribution >= 0.6 is 11.8 Å². The van der Waals surface area contributed by atoms with Crippen molar-refractivity contribution in [2.45, 2.75) is 45.2 Å². The van der Waals surface area contributed by atoms with E-state index in [2.05, 4.69) is 46.0 Å². The van der Waals surface area contributed by atoms with Crippen molar-refractivity contribution in [2.24, 2.45) is 5.92 Å². The maximum atomic E-state index is 4.72. The molecular weight excluding hydrogens is 270 g/mol. The Morgan fingerprint density at radius 2 is 1.90 bits per heavy atom. The van der Waals surface area contributed by atoms with Crippen LogP contribution in [0.2, 0.25) is 0 Å². The summed E-state index contributed by atoms with van der Waals surface area (Å²) in [7, 11) is 0. The fourth-order valence-electron chi connectivity index (χ4n) is 3.23. The second-order valence-corrected chi connectivity index (χ2v) is 7.44. The summed E-state index contributed by atoms with van der Waals surface area (Å²) in [6, 6.07) is 0.993. The number of aromatic amines is 1. The number of H-pyrrole nitrogens is 1. The van der Waals surface area contributed by atoms with Gasteiger partial charge in [0, 0.05) is 31.6 Å². The van der Waals surface area contributed by atoms with E-state index in [1.54, 1.807) is 0 Å². The molecule has 20 heavy (non-hydrogen) atoms. The number of nitrogens with one attached hydrogen (secondary N) is 2. The van der Waals surface area contributed by atoms with Gasteiger partial charge in [0.05, 0.1) is 0 Å². The maximum Gasteiger partial charge on any atom is 0.244 e. The molecule has 5 nitrogen and oxygen atoms in total. The molecule has 0 radical (unpaired) electrons. The predicted octanol–water partition coefficient (Wildman–Crippen LogP) is 1.68. The number of piperazine rings is 1. The van der Waals surface area contributed by atoms with Gasteiger partial charge in [-0.05, 0) is 44.1 Å². The molecule has 0 spiro atoms. The Morgan fingerprint density at radius 1 is 1.20 bits per heavy atom. The van der Waals surface area contributed by atoms with Gasteiger partial charge in [-0.15, -0.1) is 5.10 Å². The lowest BCUT2D eigenvalue weighted by atomic mass is 9.99. The van der Waals surface area contributed by atoms with E-state index in [9.17, 15) is 0 Å². The molecule has 2 saturated heterocycles. The topological polar surface area (TPSA) is 56.8 Å². The molecule has 3 heterocycles. The summed E-state index contributed by atoms with van der Waals surface area (Å²) >= 11 is 2.08. The third kappa shape index (κ3) is 3.47. The van der Waals surface area contributed by atoms with Crippen LogP contribution < -0.4 is 10.2 Å². The molecule has 2 aliphatic rings. The van der Waals surface area contributed by atoms with Crippen molar-refractivity contribution in [3.63, 3.8) is 0 Å². The molecular formula is C14H25N5S. The van der Waals surface area contributed by atoms with E-state index in [0.29, 0.717) is 12.1 Å². The largest absolute Gasteiger partial charge is 0.336 e. The molecule has 2 atom stereocenters. The minimum atomic E-state index is 0.496. The van der Waals surface area contributed by atoms with Crippen LogP contribution in [0.1, 0.15) is 32.5 Å². The first kappa shape index (κ1) is 14.2. The van der Waals surface area contributed by atoms with Crippen molar-refractivity contribution in [1.82, 2.24) is 20.5 Å². The van der Waals surface area contributed by atoms with E-state index in [1.165, 1.54) is 24.3 Å². The van der Waals surface area contributed by atoms with Crippen molar-refractivity contribution in [3.05, 3.63) is 5.82 Å². The number of rotatable bonds is 3. The zero-order valence-electron chi connectivity index (χ0n) is 12.4. The molecule has 1 aromatic rings. The van der Waals surface area contributed by atoms with Gasteiger partial charge in [-0.1, -0.05) is 0 Å². The van der Waals surface area contributed by atoms with E-state index in [0.717, 1.165) is 37.2 Å². The number of anilines is 1. The second kappa shape index (κ2) is 6.35. The van der Waals surface area contributed by atoms with Crippen LogP contribution in [0, 0.1) is 5.92 Å². The molecule has 6 heteroatoms. The molecule has 0 bridgehead atoms. The van der Waals surface area contributed by atoms with Gasteiger partial charge in [0.25, 0.3) is 0 Å². The van der Waals surface area contributed by atoms with Crippen LogP contribution in [0.4, 0.5) is 5.95 Å². The number of thioether (sulfide) groups is 1. The SMILES string of the molecule is CC1CN(c2n[nH]c(CC3CCSCC3)n2)CC(C)N1. The number of hydrogen-bond donors (Lipinski definition) is 2. The first-order valence-corrected chi connectivity index (χ1v) is 8.86. The molecule has 0 saturated carbocycles. The van der Waals surface area contributed by atoms with Crippen molar-refractivity contribution in [2.75, 3.05) is 29.5 Å². The Balaban J connectivity index is 1.61. The summed E-state index contributed by atoms with van der Waals surface area (Å²) in [5.41, 5.74) is 0. The molecule has 2 aliphatic heterocycles. The summed E-state index contributed by atoms with van der Waals surface area (Å²) < 4.78 is 0. The normalized spacial score (nSPS) is 28.8. The van der Waals surface area contributed by atoms with Crippen LogP contribution in [0.25, 0.3) is 0 Å². The van der Waals surface area contributed by atoms with Gasteiger partial charge in [0.2, 0.25) is 5.95 Å². The Labute approximate surface area is 125 Å². The summed E-state index contributed by atoms with van der Waals surface area (Å²) in [5, 5.41) is 11.1. The Hall–Kier alpha value is -0.750. The molecule has 3 rings (SSSR count). The lowest BCUT2D eigenvalue weighted by molar-refractivity contribution is 0.403. The Kier molecular flexibility index (Phi) is 4.51. The lowest BCUT2D eigenvalue weighted by Crippen LogP contribution is -2.54. The first-order valence-electron chi connectivity index (χ1n) is 7.70. The van der Waals surface area contributed by atoms with Crippen molar-refractivity contribution in [3.8, 4) is 0 Å². The summed E-state index contributed by atoms with van der Waals surface area (Å²) in [5.74, 6) is 5.34. The molecule has 2 N–H and O–H groups in total. The maximum absolute atomic E-state index is 4.72. The fourth-order valence-corrected chi connectivity index (χ4v) is 4.44. The van der Waals surface area contributed by atoms with Crippen LogP contribution in [-0.4, -0.2) is 51.9 Å². The quantitative estimate of drug-likeness (QED) is 0.888. The highest BCUT2D eigenvalue weighted by atomic mass is 32.2. The van der Waals surface area contributed by atoms with E-state index < -0.39 is 0 Å². The smallest absolute Gasteiger partial charge is 0.244 e. The summed E-state index contributed by atoms with van der Waals surface area (Å²) in [4.78, 5) is 7.02. The van der Waals surface area contributed by atoms with Gasteiger partial charge < -0.3 is 10.2 Å². The monoisotopic (exact) mass is 295 g/mol. The minimum absolute atomic E-state index is 0.496. The van der Waals surface area contributed by atoms with Crippen molar-refractivity contribution >= 4 is 17.7 Å². The fraction of sp³-hybridized carbons (Fsp3) is 0.857.